The summed E-state index contributed by atoms with van der Waals surface area (Å²) >= 11 is 6.36. The number of imidazole rings is 1. The summed E-state index contributed by atoms with van der Waals surface area (Å²) in [5.74, 6) is 0.792. The number of hydrogen-bond donors (Lipinski definition) is 2. The van der Waals surface area contributed by atoms with Crippen LogP contribution in [0.15, 0.2) is 46.1 Å². The molecule has 7 nitrogen and oxygen atoms in total. The Bertz CT molecular complexity index is 1110. The van der Waals surface area contributed by atoms with E-state index >= 15 is 0 Å². The molecular formula is C20H20ClFN6O. The molecule has 0 amide bonds. The van der Waals surface area contributed by atoms with Crippen LogP contribution in [0.3, 0.4) is 0 Å². The van der Waals surface area contributed by atoms with Crippen molar-refractivity contribution in [1.82, 2.24) is 24.7 Å². The molecule has 0 radical (unpaired) electrons. The van der Waals surface area contributed by atoms with Crippen molar-refractivity contribution < 1.29 is 8.81 Å². The molecule has 4 heterocycles. The number of halogens is 2. The number of hydrogen-bond acceptors (Lipinski definition) is 6. The van der Waals surface area contributed by atoms with Gasteiger partial charge in [-0.15, -0.1) is 0 Å². The number of allylic oxidation sites excluding steroid dienone is 4. The molecule has 1 saturated heterocycles. The van der Waals surface area contributed by atoms with Crippen LogP contribution in [0.1, 0.15) is 31.4 Å². The summed E-state index contributed by atoms with van der Waals surface area (Å²) in [6.07, 6.45) is 9.27. The molecule has 0 bridgehead atoms. The second-order valence-electron chi connectivity index (χ2n) is 7.22. The number of fused-ring (bicyclic) bond motifs is 1. The lowest BCUT2D eigenvalue weighted by Gasteiger charge is -2.23. The minimum absolute atomic E-state index is 0.223. The van der Waals surface area contributed by atoms with Gasteiger partial charge < -0.3 is 15.1 Å². The predicted molar refractivity (Wildman–Crippen MR) is 109 cm³/mol. The monoisotopic (exact) mass is 414 g/mol. The molecule has 9 heteroatoms. The smallest absolute Gasteiger partial charge is 0.306 e. The molecule has 2 aliphatic rings. The summed E-state index contributed by atoms with van der Waals surface area (Å²) in [4.78, 5) is 13.7. The van der Waals surface area contributed by atoms with Gasteiger partial charge in [-0.2, -0.15) is 4.98 Å². The zero-order chi connectivity index (χ0) is 19.8. The largest absolute Gasteiger partial charge is 0.432 e. The fraction of sp³-hybridized carbons (Fsp3) is 0.350. The second-order valence-corrected chi connectivity index (χ2v) is 7.62. The van der Waals surface area contributed by atoms with Crippen LogP contribution in [0.4, 0.5) is 10.3 Å². The quantitative estimate of drug-likeness (QED) is 0.667. The average molecular weight is 415 g/mol. The number of anilines is 1. The van der Waals surface area contributed by atoms with E-state index in [1.54, 1.807) is 18.7 Å². The minimum Gasteiger partial charge on any atom is -0.432 e. The first kappa shape index (κ1) is 18.3. The molecule has 3 aromatic rings. The van der Waals surface area contributed by atoms with E-state index in [4.69, 9.17) is 21.0 Å². The number of nitrogens with one attached hydrogen (secondary N) is 2. The Morgan fingerprint density at radius 1 is 1.24 bits per heavy atom. The van der Waals surface area contributed by atoms with Crippen molar-refractivity contribution in [3.63, 3.8) is 0 Å². The molecule has 150 valence electrons. The highest BCUT2D eigenvalue weighted by atomic mass is 35.5. The van der Waals surface area contributed by atoms with Crippen molar-refractivity contribution in [2.24, 2.45) is 0 Å². The normalized spacial score (nSPS) is 18.3. The molecule has 0 aromatic carbocycles. The van der Waals surface area contributed by atoms with Crippen LogP contribution >= 0.6 is 11.6 Å². The molecule has 0 saturated carbocycles. The van der Waals surface area contributed by atoms with Crippen LogP contribution in [0.5, 0.6) is 0 Å². The Morgan fingerprint density at radius 2 is 2.10 bits per heavy atom. The van der Waals surface area contributed by atoms with Gasteiger partial charge in [0.25, 0.3) is 0 Å². The predicted octanol–water partition coefficient (Wildman–Crippen LogP) is 4.15. The molecular weight excluding hydrogens is 395 g/mol. The second kappa shape index (κ2) is 7.61. The van der Waals surface area contributed by atoms with Gasteiger partial charge >= 0.3 is 5.84 Å². The van der Waals surface area contributed by atoms with Crippen LogP contribution in [-0.2, 0) is 0 Å². The lowest BCUT2D eigenvalue weighted by molar-refractivity contribution is 0.477. The number of rotatable bonds is 4. The van der Waals surface area contributed by atoms with Crippen molar-refractivity contribution >= 4 is 29.0 Å². The maximum atomic E-state index is 13.6. The molecule has 3 aromatic heterocycles. The summed E-state index contributed by atoms with van der Waals surface area (Å²) in [5, 5.41) is 7.14. The zero-order valence-corrected chi connectivity index (χ0v) is 16.4. The van der Waals surface area contributed by atoms with Gasteiger partial charge in [0.1, 0.15) is 17.8 Å². The van der Waals surface area contributed by atoms with Crippen molar-refractivity contribution in [1.29, 1.82) is 0 Å². The number of piperidine rings is 1. The minimum atomic E-state index is -0.223. The van der Waals surface area contributed by atoms with E-state index in [0.717, 1.165) is 37.2 Å². The van der Waals surface area contributed by atoms with Crippen molar-refractivity contribution in [2.45, 2.75) is 31.7 Å². The third kappa shape index (κ3) is 3.54. The summed E-state index contributed by atoms with van der Waals surface area (Å²) in [6.45, 7) is 1.97. The summed E-state index contributed by atoms with van der Waals surface area (Å²) in [7, 11) is 0. The molecule has 2 N–H and O–H groups in total. The highest BCUT2D eigenvalue weighted by Gasteiger charge is 2.25. The highest BCUT2D eigenvalue weighted by molar-refractivity contribution is 6.34. The first-order chi connectivity index (χ1) is 14.2. The number of oxazole rings is 1. The number of aromatic nitrogens is 4. The summed E-state index contributed by atoms with van der Waals surface area (Å²) < 4.78 is 21.0. The van der Waals surface area contributed by atoms with Gasteiger partial charge in [0, 0.05) is 29.9 Å². The van der Waals surface area contributed by atoms with Gasteiger partial charge in [0.05, 0.1) is 11.4 Å². The van der Waals surface area contributed by atoms with Gasteiger partial charge in [-0.25, -0.2) is 14.4 Å². The van der Waals surface area contributed by atoms with Crippen LogP contribution < -0.4 is 10.6 Å². The Hall–Kier alpha value is -2.71. The van der Waals surface area contributed by atoms with E-state index in [1.807, 2.05) is 10.5 Å². The van der Waals surface area contributed by atoms with E-state index < -0.39 is 0 Å². The fourth-order valence-electron chi connectivity index (χ4n) is 3.84. The van der Waals surface area contributed by atoms with Crippen LogP contribution in [-0.4, -0.2) is 38.5 Å². The Balaban J connectivity index is 1.57. The van der Waals surface area contributed by atoms with Crippen molar-refractivity contribution in [2.75, 3.05) is 18.4 Å². The first-order valence-electron chi connectivity index (χ1n) is 9.70. The third-order valence-electron chi connectivity index (χ3n) is 5.30. The van der Waals surface area contributed by atoms with E-state index in [-0.39, 0.29) is 5.83 Å². The van der Waals surface area contributed by atoms with Gasteiger partial charge in [0.2, 0.25) is 5.95 Å². The lowest BCUT2D eigenvalue weighted by atomic mass is 9.99. The van der Waals surface area contributed by atoms with E-state index in [2.05, 4.69) is 20.6 Å². The molecule has 29 heavy (non-hydrogen) atoms. The topological polar surface area (TPSA) is 80.3 Å². The van der Waals surface area contributed by atoms with Crippen molar-refractivity contribution in [3.8, 4) is 11.4 Å². The summed E-state index contributed by atoms with van der Waals surface area (Å²) in [5.41, 5.74) is 2.90. The van der Waals surface area contributed by atoms with Crippen LogP contribution in [0, 0.1) is 0 Å². The molecule has 1 aliphatic heterocycles. The van der Waals surface area contributed by atoms with Crippen molar-refractivity contribution in [3.05, 3.63) is 47.4 Å². The first-order valence-corrected chi connectivity index (χ1v) is 10.1. The molecule has 1 fully saturated rings. The molecule has 0 spiro atoms. The highest BCUT2D eigenvalue weighted by Crippen LogP contribution is 2.38. The fourth-order valence-corrected chi connectivity index (χ4v) is 4.14. The Morgan fingerprint density at radius 3 is 2.93 bits per heavy atom. The Kier molecular flexibility index (Phi) is 4.81. The summed E-state index contributed by atoms with van der Waals surface area (Å²) in [6, 6.07) is 2.18. The van der Waals surface area contributed by atoms with Crippen LogP contribution in [0.2, 0.25) is 0 Å². The number of nitrogens with zero attached hydrogens (tertiary/aromatic N) is 4. The zero-order valence-electron chi connectivity index (χ0n) is 15.7. The SMILES string of the molecule is FC1=CC(Cl)=C(c2nc3occn3c2-c2ccnc(NC3CCNCC3)n2)CC1. The lowest BCUT2D eigenvalue weighted by Crippen LogP contribution is -2.35. The van der Waals surface area contributed by atoms with Gasteiger partial charge in [-0.1, -0.05) is 11.6 Å². The molecule has 0 atom stereocenters. The van der Waals surface area contributed by atoms with E-state index in [0.29, 0.717) is 47.1 Å². The maximum absolute atomic E-state index is 13.6. The van der Waals surface area contributed by atoms with Gasteiger partial charge in [0.15, 0.2) is 0 Å². The van der Waals surface area contributed by atoms with Crippen LogP contribution in [0.25, 0.3) is 22.8 Å². The maximum Gasteiger partial charge on any atom is 0.306 e. The van der Waals surface area contributed by atoms with E-state index in [1.165, 1.54) is 6.08 Å². The molecule has 5 rings (SSSR count). The standard InChI is InChI=1S/C20H20ClFN6O/c21-15-11-12(22)1-2-14(15)17-18(28-9-10-29-20(28)27-17)16-5-8-24-19(26-16)25-13-3-6-23-7-4-13/h5,8-11,13,23H,1-4,6-7H2,(H,24,25,26). The molecule has 0 unspecified atom stereocenters. The third-order valence-corrected chi connectivity index (χ3v) is 5.64. The average Bonchev–Trinajstić information content (AvgIpc) is 3.30. The van der Waals surface area contributed by atoms with Gasteiger partial charge in [-0.05, 0) is 50.1 Å². The van der Waals surface area contributed by atoms with Gasteiger partial charge in [-0.3, -0.25) is 4.40 Å². The molecule has 1 aliphatic carbocycles. The Labute approximate surface area is 171 Å². The van der Waals surface area contributed by atoms with E-state index in [9.17, 15) is 4.39 Å².